The number of nitrogens with zero attached hydrogens (tertiary/aromatic N) is 1. The second-order valence-corrected chi connectivity index (χ2v) is 8.24. The van der Waals surface area contributed by atoms with E-state index >= 15 is 0 Å². The smallest absolute Gasteiger partial charge is 0.262 e. The highest BCUT2D eigenvalue weighted by atomic mass is 16.5. The first-order chi connectivity index (χ1) is 15.7. The minimum absolute atomic E-state index is 0.0715. The highest BCUT2D eigenvalue weighted by Gasteiger charge is 2.36. The number of hydrogen-bond donors (Lipinski definition) is 5. The van der Waals surface area contributed by atoms with Crippen molar-refractivity contribution in [1.29, 1.82) is 0 Å². The number of hydrogen-bond acceptors (Lipinski definition) is 6. The van der Waals surface area contributed by atoms with Crippen molar-refractivity contribution in [2.45, 2.75) is 45.2 Å². The highest BCUT2D eigenvalue weighted by molar-refractivity contribution is 5.97. The molecule has 1 aromatic carbocycles. The molecule has 11 nitrogen and oxygen atoms in total. The topological polar surface area (TPSA) is 157 Å². The van der Waals surface area contributed by atoms with Crippen LogP contribution in [0.25, 0.3) is 0 Å². The summed E-state index contributed by atoms with van der Waals surface area (Å²) in [5, 5.41) is 16.2. The van der Waals surface area contributed by atoms with E-state index in [-0.39, 0.29) is 24.3 Å². The van der Waals surface area contributed by atoms with Crippen molar-refractivity contribution in [2.75, 3.05) is 19.6 Å². The fourth-order valence-electron chi connectivity index (χ4n) is 3.59. The molecule has 180 valence electrons. The third kappa shape index (κ3) is 7.86. The fourth-order valence-corrected chi connectivity index (χ4v) is 3.59. The Morgan fingerprint density at radius 1 is 1.06 bits per heavy atom. The van der Waals surface area contributed by atoms with Crippen LogP contribution in [0, 0.1) is 5.92 Å². The summed E-state index contributed by atoms with van der Waals surface area (Å²) in [5.74, 6) is -2.52. The van der Waals surface area contributed by atoms with E-state index in [0.717, 1.165) is 0 Å². The standard InChI is InChI=1S/C22H31N5O6/c1-14(2)11-16(21(31)23-12-18(28)26-33)25-22(32)17-9-6-10-27(17)19(29)13-24-20(30)15-7-4-3-5-8-15/h3-5,7-8,14,16-17,33H,6,9-13H2,1-2H3,(H,23,31)(H,24,30)(H,25,32)(H,26,28)/t16-,17-/m0/s1. The van der Waals surface area contributed by atoms with Crippen LogP contribution in [0.3, 0.4) is 0 Å². The number of likely N-dealkylation sites (tertiary alicyclic amines) is 1. The van der Waals surface area contributed by atoms with Gasteiger partial charge < -0.3 is 20.9 Å². The van der Waals surface area contributed by atoms with E-state index in [9.17, 15) is 24.0 Å². The van der Waals surface area contributed by atoms with Crippen LogP contribution >= 0.6 is 0 Å². The Kier molecular flexibility index (Phi) is 9.80. The second-order valence-electron chi connectivity index (χ2n) is 8.24. The minimum atomic E-state index is -0.903. The average molecular weight is 462 g/mol. The lowest BCUT2D eigenvalue weighted by Crippen LogP contribution is -2.55. The Balaban J connectivity index is 1.96. The van der Waals surface area contributed by atoms with Gasteiger partial charge in [-0.2, -0.15) is 0 Å². The zero-order valence-corrected chi connectivity index (χ0v) is 18.8. The fraction of sp³-hybridized carbons (Fsp3) is 0.500. The molecular weight excluding hydrogens is 430 g/mol. The van der Waals surface area contributed by atoms with E-state index in [1.54, 1.807) is 30.3 Å². The SMILES string of the molecule is CC(C)C[C@H](NC(=O)[C@@H]1CCCN1C(=O)CNC(=O)c1ccccc1)C(=O)NCC(=O)NO. The summed E-state index contributed by atoms with van der Waals surface area (Å²) >= 11 is 0. The monoisotopic (exact) mass is 461 g/mol. The number of hydroxylamine groups is 1. The maximum absolute atomic E-state index is 12.9. The molecule has 1 aromatic rings. The van der Waals surface area contributed by atoms with Gasteiger partial charge in [0.1, 0.15) is 12.1 Å². The van der Waals surface area contributed by atoms with E-state index in [1.807, 2.05) is 13.8 Å². The first-order valence-electron chi connectivity index (χ1n) is 10.9. The molecule has 0 bridgehead atoms. The third-order valence-corrected chi connectivity index (χ3v) is 5.20. The molecule has 1 fully saturated rings. The van der Waals surface area contributed by atoms with Crippen LogP contribution in [0.5, 0.6) is 0 Å². The molecule has 0 aromatic heterocycles. The Hall–Kier alpha value is -3.47. The molecule has 1 heterocycles. The van der Waals surface area contributed by atoms with Gasteiger partial charge in [0.05, 0.1) is 13.1 Å². The lowest BCUT2D eigenvalue weighted by molar-refractivity contribution is -0.139. The number of rotatable bonds is 10. The predicted octanol–water partition coefficient (Wildman–Crippen LogP) is -0.440. The van der Waals surface area contributed by atoms with Gasteiger partial charge in [-0.3, -0.25) is 29.2 Å². The molecule has 0 unspecified atom stereocenters. The van der Waals surface area contributed by atoms with Crippen molar-refractivity contribution in [3.8, 4) is 0 Å². The van der Waals surface area contributed by atoms with E-state index in [2.05, 4.69) is 16.0 Å². The van der Waals surface area contributed by atoms with E-state index in [4.69, 9.17) is 5.21 Å². The van der Waals surface area contributed by atoms with Crippen LogP contribution in [0.15, 0.2) is 30.3 Å². The Morgan fingerprint density at radius 2 is 1.76 bits per heavy atom. The molecule has 1 saturated heterocycles. The van der Waals surface area contributed by atoms with E-state index in [0.29, 0.717) is 31.4 Å². The molecule has 5 N–H and O–H groups in total. The summed E-state index contributed by atoms with van der Waals surface area (Å²) in [6, 6.07) is 6.83. The summed E-state index contributed by atoms with van der Waals surface area (Å²) in [6.07, 6.45) is 1.38. The number of carbonyl (C=O) groups excluding carboxylic acids is 5. The van der Waals surface area contributed by atoms with Crippen LogP contribution in [0.1, 0.15) is 43.5 Å². The molecule has 2 atom stereocenters. The molecule has 1 aliphatic heterocycles. The number of amides is 5. The summed E-state index contributed by atoms with van der Waals surface area (Å²) in [6.45, 7) is 3.45. The summed E-state index contributed by atoms with van der Waals surface area (Å²) in [7, 11) is 0. The molecule has 0 spiro atoms. The molecule has 1 aliphatic rings. The molecule has 0 aliphatic carbocycles. The van der Waals surface area contributed by atoms with Crippen LogP contribution in [0.2, 0.25) is 0 Å². The summed E-state index contributed by atoms with van der Waals surface area (Å²) < 4.78 is 0. The maximum atomic E-state index is 12.9. The van der Waals surface area contributed by atoms with Crippen LogP contribution in [-0.4, -0.2) is 71.4 Å². The van der Waals surface area contributed by atoms with Crippen molar-refractivity contribution >= 4 is 29.5 Å². The molecule has 2 rings (SSSR count). The summed E-state index contributed by atoms with van der Waals surface area (Å²) in [5.41, 5.74) is 1.85. The van der Waals surface area contributed by atoms with Gasteiger partial charge in [0.2, 0.25) is 17.7 Å². The number of nitrogens with one attached hydrogen (secondary N) is 4. The van der Waals surface area contributed by atoms with Crippen molar-refractivity contribution in [1.82, 2.24) is 26.3 Å². The highest BCUT2D eigenvalue weighted by Crippen LogP contribution is 2.18. The van der Waals surface area contributed by atoms with E-state index in [1.165, 1.54) is 10.4 Å². The second kappa shape index (κ2) is 12.5. The molecular formula is C22H31N5O6. The molecule has 0 radical (unpaired) electrons. The molecule has 0 saturated carbocycles. The van der Waals surface area contributed by atoms with Gasteiger partial charge in [0.25, 0.3) is 11.8 Å². The maximum Gasteiger partial charge on any atom is 0.262 e. The van der Waals surface area contributed by atoms with Gasteiger partial charge in [-0.25, -0.2) is 5.48 Å². The van der Waals surface area contributed by atoms with Gasteiger partial charge >= 0.3 is 0 Å². The van der Waals surface area contributed by atoms with Crippen molar-refractivity contribution in [3.05, 3.63) is 35.9 Å². The first kappa shape index (κ1) is 25.8. The molecule has 33 heavy (non-hydrogen) atoms. The molecule has 5 amide bonds. The average Bonchev–Trinajstić information content (AvgIpc) is 3.30. The van der Waals surface area contributed by atoms with Gasteiger partial charge in [-0.05, 0) is 37.3 Å². The largest absolute Gasteiger partial charge is 0.345 e. The Morgan fingerprint density at radius 3 is 2.39 bits per heavy atom. The number of benzene rings is 1. The zero-order valence-electron chi connectivity index (χ0n) is 18.8. The van der Waals surface area contributed by atoms with Gasteiger partial charge in [0, 0.05) is 12.1 Å². The van der Waals surface area contributed by atoms with Gasteiger partial charge in [0.15, 0.2) is 0 Å². The normalized spacial score (nSPS) is 16.1. The Bertz CT molecular complexity index is 860. The quantitative estimate of drug-likeness (QED) is 0.235. The molecule has 11 heteroatoms. The lowest BCUT2D eigenvalue weighted by atomic mass is 10.0. The number of carbonyl (C=O) groups is 5. The van der Waals surface area contributed by atoms with Crippen molar-refractivity contribution < 1.29 is 29.2 Å². The Labute approximate surface area is 192 Å². The van der Waals surface area contributed by atoms with Gasteiger partial charge in [-0.1, -0.05) is 32.0 Å². The third-order valence-electron chi connectivity index (χ3n) is 5.20. The van der Waals surface area contributed by atoms with Gasteiger partial charge in [-0.15, -0.1) is 0 Å². The van der Waals surface area contributed by atoms with Crippen molar-refractivity contribution in [3.63, 3.8) is 0 Å². The van der Waals surface area contributed by atoms with Crippen LogP contribution in [-0.2, 0) is 19.2 Å². The van der Waals surface area contributed by atoms with Crippen LogP contribution in [0.4, 0.5) is 0 Å². The first-order valence-corrected chi connectivity index (χ1v) is 10.9. The summed E-state index contributed by atoms with van der Waals surface area (Å²) in [4.78, 5) is 62.8. The van der Waals surface area contributed by atoms with E-state index < -0.39 is 36.3 Å². The zero-order chi connectivity index (χ0) is 24.4. The predicted molar refractivity (Wildman–Crippen MR) is 118 cm³/mol. The van der Waals surface area contributed by atoms with Crippen molar-refractivity contribution in [2.24, 2.45) is 5.92 Å². The minimum Gasteiger partial charge on any atom is -0.345 e. The lowest BCUT2D eigenvalue weighted by Gasteiger charge is -2.27. The van der Waals surface area contributed by atoms with Crippen LogP contribution < -0.4 is 21.4 Å².